The van der Waals surface area contributed by atoms with E-state index in [1.807, 2.05) is 60.7 Å². The lowest BCUT2D eigenvalue weighted by molar-refractivity contribution is -0.114. The molecule has 0 spiro atoms. The van der Waals surface area contributed by atoms with Gasteiger partial charge in [0.15, 0.2) is 0 Å². The van der Waals surface area contributed by atoms with Crippen LogP contribution in [-0.4, -0.2) is 22.8 Å². The summed E-state index contributed by atoms with van der Waals surface area (Å²) >= 11 is 0. The Morgan fingerprint density at radius 2 is 1.88 bits per heavy atom. The maximum absolute atomic E-state index is 11.5. The van der Waals surface area contributed by atoms with Crippen LogP contribution in [0.25, 0.3) is 23.0 Å². The molecule has 128 valence electrons. The molecular weight excluding hydrogens is 328 g/mol. The molecule has 0 bridgehead atoms. The van der Waals surface area contributed by atoms with Gasteiger partial charge in [-0.2, -0.15) is 10.4 Å². The molecule has 6 nitrogen and oxygen atoms in total. The van der Waals surface area contributed by atoms with E-state index in [2.05, 4.69) is 5.10 Å². The van der Waals surface area contributed by atoms with Crippen LogP contribution in [-0.2, 0) is 4.79 Å². The number of hydrogen-bond acceptors (Lipinski definition) is 4. The second-order valence-electron chi connectivity index (χ2n) is 5.45. The summed E-state index contributed by atoms with van der Waals surface area (Å²) in [5.74, 6) is -0.149. The van der Waals surface area contributed by atoms with Crippen LogP contribution < -0.4 is 10.5 Å². The van der Waals surface area contributed by atoms with Crippen molar-refractivity contribution in [1.82, 2.24) is 9.78 Å². The lowest BCUT2D eigenvalue weighted by atomic mass is 10.0. The molecule has 0 saturated heterocycles. The van der Waals surface area contributed by atoms with Crippen molar-refractivity contribution in [2.75, 3.05) is 7.11 Å². The molecule has 3 aromatic rings. The van der Waals surface area contributed by atoms with E-state index >= 15 is 0 Å². The van der Waals surface area contributed by atoms with Crippen molar-refractivity contribution in [3.8, 4) is 28.8 Å². The maximum Gasteiger partial charge on any atom is 0.259 e. The van der Waals surface area contributed by atoms with E-state index in [9.17, 15) is 10.1 Å². The van der Waals surface area contributed by atoms with Crippen LogP contribution in [0.15, 0.2) is 66.4 Å². The molecule has 0 unspecified atom stereocenters. The van der Waals surface area contributed by atoms with Gasteiger partial charge in [0, 0.05) is 17.3 Å². The highest BCUT2D eigenvalue weighted by Crippen LogP contribution is 2.32. The number of ether oxygens (including phenoxy) is 1. The summed E-state index contributed by atoms with van der Waals surface area (Å²) in [5.41, 5.74) is 7.90. The number of nitriles is 1. The highest BCUT2D eigenvalue weighted by atomic mass is 16.5. The van der Waals surface area contributed by atoms with Crippen LogP contribution >= 0.6 is 0 Å². The number of nitrogens with two attached hydrogens (primary N) is 1. The lowest BCUT2D eigenvalue weighted by Crippen LogP contribution is -2.12. The normalized spacial score (nSPS) is 11.0. The average Bonchev–Trinajstić information content (AvgIpc) is 3.10. The summed E-state index contributed by atoms with van der Waals surface area (Å²) in [6, 6.07) is 18.8. The van der Waals surface area contributed by atoms with Crippen molar-refractivity contribution in [2.24, 2.45) is 5.73 Å². The number of primary amides is 1. The molecule has 0 fully saturated rings. The van der Waals surface area contributed by atoms with Crippen molar-refractivity contribution < 1.29 is 9.53 Å². The molecule has 0 atom stereocenters. The van der Waals surface area contributed by atoms with Crippen LogP contribution in [0.1, 0.15) is 5.56 Å². The van der Waals surface area contributed by atoms with Gasteiger partial charge in [-0.1, -0.05) is 30.3 Å². The second-order valence-corrected chi connectivity index (χ2v) is 5.45. The minimum atomic E-state index is -0.786. The van der Waals surface area contributed by atoms with Gasteiger partial charge in [-0.3, -0.25) is 4.79 Å². The Hall–Kier alpha value is -3.85. The number of rotatable bonds is 5. The number of benzene rings is 2. The minimum Gasteiger partial charge on any atom is -0.496 e. The molecule has 1 amide bonds. The fourth-order valence-corrected chi connectivity index (χ4v) is 2.57. The second kappa shape index (κ2) is 7.36. The Morgan fingerprint density at radius 1 is 1.19 bits per heavy atom. The van der Waals surface area contributed by atoms with Gasteiger partial charge >= 0.3 is 0 Å². The summed E-state index contributed by atoms with van der Waals surface area (Å²) in [4.78, 5) is 11.5. The lowest BCUT2D eigenvalue weighted by Gasteiger charge is -2.06. The van der Waals surface area contributed by atoms with Crippen LogP contribution in [0, 0.1) is 11.3 Å². The third kappa shape index (κ3) is 3.32. The SMILES string of the molecule is COc1ccccc1-c1nn(-c2ccccc2)cc1/C=C(\C#N)C(N)=O. The fraction of sp³-hybridized carbons (Fsp3) is 0.0500. The van der Waals surface area contributed by atoms with E-state index in [4.69, 9.17) is 10.5 Å². The van der Waals surface area contributed by atoms with E-state index in [0.717, 1.165) is 11.3 Å². The number of amides is 1. The first-order valence-corrected chi connectivity index (χ1v) is 7.84. The fourth-order valence-electron chi connectivity index (χ4n) is 2.57. The van der Waals surface area contributed by atoms with E-state index in [1.54, 1.807) is 18.0 Å². The third-order valence-electron chi connectivity index (χ3n) is 3.81. The summed E-state index contributed by atoms with van der Waals surface area (Å²) in [6.45, 7) is 0. The van der Waals surface area contributed by atoms with Gasteiger partial charge < -0.3 is 10.5 Å². The van der Waals surface area contributed by atoms with Crippen molar-refractivity contribution >= 4 is 12.0 Å². The highest BCUT2D eigenvalue weighted by Gasteiger charge is 2.16. The molecule has 0 aliphatic heterocycles. The quantitative estimate of drug-likeness (QED) is 0.569. The third-order valence-corrected chi connectivity index (χ3v) is 3.81. The molecule has 0 aliphatic carbocycles. The van der Waals surface area contributed by atoms with Crippen LogP contribution in [0.5, 0.6) is 5.75 Å². The molecule has 3 rings (SSSR count). The van der Waals surface area contributed by atoms with Crippen molar-refractivity contribution in [1.29, 1.82) is 5.26 Å². The van der Waals surface area contributed by atoms with Crippen LogP contribution in [0.3, 0.4) is 0 Å². The molecule has 2 N–H and O–H groups in total. The number of carbonyl (C=O) groups excluding carboxylic acids is 1. The molecule has 26 heavy (non-hydrogen) atoms. The number of methoxy groups -OCH3 is 1. The van der Waals surface area contributed by atoms with Crippen molar-refractivity contribution in [3.05, 3.63) is 71.9 Å². The molecule has 0 saturated carbocycles. The summed E-state index contributed by atoms with van der Waals surface area (Å²) in [7, 11) is 1.58. The Kier molecular flexibility index (Phi) is 4.81. The first kappa shape index (κ1) is 17.0. The zero-order valence-electron chi connectivity index (χ0n) is 14.1. The molecule has 1 heterocycles. The monoisotopic (exact) mass is 344 g/mol. The zero-order valence-corrected chi connectivity index (χ0v) is 14.1. The minimum absolute atomic E-state index is 0.145. The standard InChI is InChI=1S/C20H16N4O2/c1-26-18-10-6-5-9-17(18)19-15(11-14(12-21)20(22)25)13-24(23-19)16-7-3-2-4-8-16/h2-11,13H,1H3,(H2,22,25)/b14-11+. The Balaban J connectivity index is 2.23. The zero-order chi connectivity index (χ0) is 18.5. The smallest absolute Gasteiger partial charge is 0.259 e. The predicted molar refractivity (Wildman–Crippen MR) is 98.3 cm³/mol. The topological polar surface area (TPSA) is 93.9 Å². The Labute approximate surface area is 150 Å². The number of aromatic nitrogens is 2. The van der Waals surface area contributed by atoms with Gasteiger partial charge in [0.1, 0.15) is 23.1 Å². The van der Waals surface area contributed by atoms with Gasteiger partial charge in [0.2, 0.25) is 0 Å². The number of para-hydroxylation sites is 2. The van der Waals surface area contributed by atoms with E-state index in [0.29, 0.717) is 17.0 Å². The summed E-state index contributed by atoms with van der Waals surface area (Å²) in [6.07, 6.45) is 3.19. The molecule has 1 aromatic heterocycles. The van der Waals surface area contributed by atoms with Crippen molar-refractivity contribution in [3.63, 3.8) is 0 Å². The van der Waals surface area contributed by atoms with Crippen LogP contribution in [0.2, 0.25) is 0 Å². The Bertz CT molecular complexity index is 1010. The van der Waals surface area contributed by atoms with Gasteiger partial charge in [0.05, 0.1) is 12.8 Å². The van der Waals surface area contributed by atoms with E-state index < -0.39 is 5.91 Å². The molecule has 0 radical (unpaired) electrons. The molecule has 6 heteroatoms. The predicted octanol–water partition coefficient (Wildman–Crippen LogP) is 2.94. The van der Waals surface area contributed by atoms with Gasteiger partial charge in [-0.15, -0.1) is 0 Å². The largest absolute Gasteiger partial charge is 0.496 e. The van der Waals surface area contributed by atoms with E-state index in [-0.39, 0.29) is 5.57 Å². The van der Waals surface area contributed by atoms with Gasteiger partial charge in [0.25, 0.3) is 5.91 Å². The highest BCUT2D eigenvalue weighted by molar-refractivity contribution is 6.01. The number of hydrogen-bond donors (Lipinski definition) is 1. The summed E-state index contributed by atoms with van der Waals surface area (Å²) in [5, 5.41) is 13.8. The van der Waals surface area contributed by atoms with Crippen molar-refractivity contribution in [2.45, 2.75) is 0 Å². The molecule has 0 aliphatic rings. The molecular formula is C20H16N4O2. The van der Waals surface area contributed by atoms with Crippen LogP contribution in [0.4, 0.5) is 0 Å². The number of carbonyl (C=O) groups is 1. The van der Waals surface area contributed by atoms with E-state index in [1.165, 1.54) is 6.08 Å². The summed E-state index contributed by atoms with van der Waals surface area (Å²) < 4.78 is 7.11. The van der Waals surface area contributed by atoms with Gasteiger partial charge in [-0.25, -0.2) is 4.68 Å². The first-order valence-electron chi connectivity index (χ1n) is 7.84. The average molecular weight is 344 g/mol. The Morgan fingerprint density at radius 3 is 2.54 bits per heavy atom. The first-order chi connectivity index (χ1) is 12.6. The molecule has 2 aromatic carbocycles. The van der Waals surface area contributed by atoms with Gasteiger partial charge in [-0.05, 0) is 30.3 Å². The maximum atomic E-state index is 11.5. The number of nitrogens with zero attached hydrogens (tertiary/aromatic N) is 3.